The smallest absolute Gasteiger partial charge is 0.333 e. The minimum absolute atomic E-state index is 0.0246. The van der Waals surface area contributed by atoms with Gasteiger partial charge < -0.3 is 10.1 Å². The number of carbonyl (C=O) groups is 1. The predicted octanol–water partition coefficient (Wildman–Crippen LogP) is 2.47. The lowest BCUT2D eigenvalue weighted by atomic mass is 9.99. The van der Waals surface area contributed by atoms with Crippen molar-refractivity contribution in [2.45, 2.75) is 12.5 Å². The molecule has 1 aliphatic rings. The molecule has 1 aromatic carbocycles. The molecule has 1 unspecified atom stereocenters. The summed E-state index contributed by atoms with van der Waals surface area (Å²) in [5.41, 5.74) is 1.77. The Labute approximate surface area is 105 Å². The number of carbonyl (C=O) groups excluding carboxylic acids is 1. The number of nitrogens with one attached hydrogen (secondary N) is 1. The van der Waals surface area contributed by atoms with E-state index in [0.717, 1.165) is 17.7 Å². The van der Waals surface area contributed by atoms with Crippen LogP contribution in [0.3, 0.4) is 0 Å². The summed E-state index contributed by atoms with van der Waals surface area (Å²) in [5.74, 6) is -0.251. The average molecular weight is 252 g/mol. The van der Waals surface area contributed by atoms with Gasteiger partial charge in [-0.2, -0.15) is 0 Å². The molecule has 0 saturated carbocycles. The van der Waals surface area contributed by atoms with Gasteiger partial charge in [-0.15, -0.1) is 0 Å². The molecule has 1 N–H and O–H groups in total. The average Bonchev–Trinajstić information content (AvgIpc) is 2.38. The van der Waals surface area contributed by atoms with Crippen LogP contribution in [0.2, 0.25) is 5.02 Å². The molecule has 90 valence electrons. The van der Waals surface area contributed by atoms with Crippen LogP contribution in [0.15, 0.2) is 35.9 Å². The van der Waals surface area contributed by atoms with Crippen LogP contribution in [0.1, 0.15) is 18.0 Å². The first-order valence-electron chi connectivity index (χ1n) is 5.48. The van der Waals surface area contributed by atoms with Gasteiger partial charge in [-0.3, -0.25) is 0 Å². The molecule has 4 heteroatoms. The van der Waals surface area contributed by atoms with Crippen molar-refractivity contribution in [2.24, 2.45) is 0 Å². The van der Waals surface area contributed by atoms with Gasteiger partial charge in [-0.1, -0.05) is 29.8 Å². The molecule has 0 fully saturated rings. The summed E-state index contributed by atoms with van der Waals surface area (Å²) in [6, 6.07) is 7.64. The van der Waals surface area contributed by atoms with Crippen LogP contribution in [0.4, 0.5) is 0 Å². The molecule has 0 radical (unpaired) electrons. The van der Waals surface area contributed by atoms with Crippen molar-refractivity contribution < 1.29 is 9.53 Å². The van der Waals surface area contributed by atoms with Crippen molar-refractivity contribution in [1.29, 1.82) is 0 Å². The molecule has 17 heavy (non-hydrogen) atoms. The van der Waals surface area contributed by atoms with Gasteiger partial charge in [-0.05, 0) is 24.1 Å². The third kappa shape index (κ3) is 2.87. The van der Waals surface area contributed by atoms with E-state index in [1.807, 2.05) is 30.3 Å². The van der Waals surface area contributed by atoms with E-state index in [0.29, 0.717) is 11.4 Å². The number of hydrogen-bond acceptors (Lipinski definition) is 3. The number of esters is 1. The highest BCUT2D eigenvalue weighted by Gasteiger charge is 2.19. The highest BCUT2D eigenvalue weighted by Crippen LogP contribution is 2.23. The summed E-state index contributed by atoms with van der Waals surface area (Å²) in [5, 5.41) is 4.03. The van der Waals surface area contributed by atoms with Gasteiger partial charge in [0, 0.05) is 17.1 Å². The summed E-state index contributed by atoms with van der Waals surface area (Å²) in [4.78, 5) is 11.5. The van der Waals surface area contributed by atoms with Gasteiger partial charge in [0.15, 0.2) is 0 Å². The number of benzene rings is 1. The van der Waals surface area contributed by atoms with Gasteiger partial charge in [0.2, 0.25) is 0 Å². The van der Waals surface area contributed by atoms with Crippen molar-refractivity contribution in [3.05, 3.63) is 46.5 Å². The second kappa shape index (κ2) is 5.34. The lowest BCUT2D eigenvalue weighted by Gasteiger charge is -2.22. The maximum absolute atomic E-state index is 11.5. The zero-order valence-corrected chi connectivity index (χ0v) is 10.3. The minimum Gasteiger partial charge on any atom is -0.466 e. The summed E-state index contributed by atoms with van der Waals surface area (Å²) in [6.45, 7) is 0.762. The van der Waals surface area contributed by atoms with E-state index in [4.69, 9.17) is 16.3 Å². The molecule has 3 nitrogen and oxygen atoms in total. The third-order valence-corrected chi connectivity index (χ3v) is 3.02. The number of halogens is 1. The van der Waals surface area contributed by atoms with Gasteiger partial charge in [0.05, 0.1) is 13.2 Å². The normalized spacial score (nSPS) is 19.6. The second-order valence-corrected chi connectivity index (χ2v) is 4.36. The van der Waals surface area contributed by atoms with Crippen LogP contribution < -0.4 is 5.32 Å². The molecule has 0 bridgehead atoms. The zero-order valence-electron chi connectivity index (χ0n) is 9.57. The summed E-state index contributed by atoms with van der Waals surface area (Å²) < 4.78 is 4.74. The van der Waals surface area contributed by atoms with Gasteiger partial charge >= 0.3 is 5.97 Å². The molecule has 1 atom stereocenters. The molecule has 1 aromatic rings. The number of ether oxygens (including phenoxy) is 1. The molecule has 2 rings (SSSR count). The Bertz CT molecular complexity index is 456. The van der Waals surface area contributed by atoms with E-state index < -0.39 is 0 Å². The van der Waals surface area contributed by atoms with Crippen molar-refractivity contribution in [3.63, 3.8) is 0 Å². The first-order valence-corrected chi connectivity index (χ1v) is 5.86. The minimum atomic E-state index is -0.251. The van der Waals surface area contributed by atoms with E-state index in [2.05, 4.69) is 5.32 Å². The molecular weight excluding hydrogens is 238 g/mol. The molecule has 1 heterocycles. The zero-order chi connectivity index (χ0) is 12.3. The number of methoxy groups -OCH3 is 1. The number of rotatable bonds is 2. The second-order valence-electron chi connectivity index (χ2n) is 3.92. The topological polar surface area (TPSA) is 38.3 Å². The summed E-state index contributed by atoms with van der Waals surface area (Å²) >= 11 is 5.95. The summed E-state index contributed by atoms with van der Waals surface area (Å²) in [7, 11) is 1.40. The Balaban J connectivity index is 2.25. The molecule has 0 aromatic heterocycles. The molecule has 1 aliphatic heterocycles. The van der Waals surface area contributed by atoms with E-state index in [-0.39, 0.29) is 12.0 Å². The lowest BCUT2D eigenvalue weighted by Crippen LogP contribution is -2.27. The Morgan fingerprint density at radius 1 is 1.53 bits per heavy atom. The quantitative estimate of drug-likeness (QED) is 0.821. The van der Waals surface area contributed by atoms with E-state index in [1.165, 1.54) is 7.11 Å². The number of hydrogen-bond donors (Lipinski definition) is 1. The van der Waals surface area contributed by atoms with E-state index >= 15 is 0 Å². The van der Waals surface area contributed by atoms with Crippen LogP contribution in [0.25, 0.3) is 0 Å². The van der Waals surface area contributed by atoms with E-state index in [1.54, 1.807) is 0 Å². The van der Waals surface area contributed by atoms with Crippen molar-refractivity contribution in [1.82, 2.24) is 5.32 Å². The fraction of sp³-hybridized carbons (Fsp3) is 0.308. The Morgan fingerprint density at radius 2 is 2.35 bits per heavy atom. The SMILES string of the molecule is COC(=O)C1=CC(c2cccc(Cl)c2)NCC1. The highest BCUT2D eigenvalue weighted by atomic mass is 35.5. The molecule has 0 amide bonds. The third-order valence-electron chi connectivity index (χ3n) is 2.78. The molecule has 0 saturated heterocycles. The lowest BCUT2D eigenvalue weighted by molar-refractivity contribution is -0.136. The van der Waals surface area contributed by atoms with Crippen LogP contribution in [-0.2, 0) is 9.53 Å². The summed E-state index contributed by atoms with van der Waals surface area (Å²) in [6.07, 6.45) is 2.60. The Morgan fingerprint density at radius 3 is 3.06 bits per heavy atom. The van der Waals surface area contributed by atoms with Gasteiger partial charge in [0.25, 0.3) is 0 Å². The van der Waals surface area contributed by atoms with Crippen LogP contribution in [-0.4, -0.2) is 19.6 Å². The predicted molar refractivity (Wildman–Crippen MR) is 66.9 cm³/mol. The van der Waals surface area contributed by atoms with Crippen molar-refractivity contribution in [2.75, 3.05) is 13.7 Å². The first-order chi connectivity index (χ1) is 8.20. The Hall–Kier alpha value is -1.32. The molecular formula is C13H14ClNO2. The maximum Gasteiger partial charge on any atom is 0.333 e. The van der Waals surface area contributed by atoms with Crippen LogP contribution in [0, 0.1) is 0 Å². The Kier molecular flexibility index (Phi) is 3.82. The van der Waals surface area contributed by atoms with Crippen LogP contribution in [0.5, 0.6) is 0 Å². The van der Waals surface area contributed by atoms with E-state index in [9.17, 15) is 4.79 Å². The molecule has 0 aliphatic carbocycles. The monoisotopic (exact) mass is 251 g/mol. The fourth-order valence-corrected chi connectivity index (χ4v) is 2.12. The first kappa shape index (κ1) is 12.1. The van der Waals surface area contributed by atoms with Crippen LogP contribution >= 0.6 is 11.6 Å². The molecule has 0 spiro atoms. The standard InChI is InChI=1S/C13H14ClNO2/c1-17-13(16)10-5-6-15-12(8-10)9-3-2-4-11(14)7-9/h2-4,7-8,12,15H,5-6H2,1H3. The maximum atomic E-state index is 11.5. The fourth-order valence-electron chi connectivity index (χ4n) is 1.92. The van der Waals surface area contributed by atoms with Crippen molar-refractivity contribution >= 4 is 17.6 Å². The van der Waals surface area contributed by atoms with Gasteiger partial charge in [-0.25, -0.2) is 4.79 Å². The largest absolute Gasteiger partial charge is 0.466 e. The van der Waals surface area contributed by atoms with Gasteiger partial charge in [0.1, 0.15) is 0 Å². The van der Waals surface area contributed by atoms with Crippen molar-refractivity contribution in [3.8, 4) is 0 Å². The highest BCUT2D eigenvalue weighted by molar-refractivity contribution is 6.30.